The summed E-state index contributed by atoms with van der Waals surface area (Å²) < 4.78 is 0. The number of carboxylic acids is 1. The number of carboxylic acid groups (broad SMARTS) is 1. The van der Waals surface area contributed by atoms with Crippen molar-refractivity contribution in [2.75, 3.05) is 18.8 Å². The minimum absolute atomic E-state index is 0.0366. The van der Waals surface area contributed by atoms with E-state index in [9.17, 15) is 14.7 Å². The van der Waals surface area contributed by atoms with Crippen LogP contribution in [-0.4, -0.2) is 40.6 Å². The Kier molecular flexibility index (Phi) is 7.41. The molecule has 3 rings (SSSR count). The minimum atomic E-state index is -0.967. The summed E-state index contributed by atoms with van der Waals surface area (Å²) in [5, 5.41) is 10.4. The van der Waals surface area contributed by atoms with E-state index in [1.54, 1.807) is 24.3 Å². The van der Waals surface area contributed by atoms with Crippen molar-refractivity contribution in [1.82, 2.24) is 4.90 Å². The average Bonchev–Trinajstić information content (AvgIpc) is 2.69. The second-order valence-electron chi connectivity index (χ2n) is 6.86. The number of benzene rings is 2. The van der Waals surface area contributed by atoms with Gasteiger partial charge in [-0.25, -0.2) is 4.79 Å². The smallest absolute Gasteiger partial charge is 0.336 e. The molecule has 2 aromatic carbocycles. The Labute approximate surface area is 178 Å². The third-order valence-electron chi connectivity index (χ3n) is 4.92. The number of thioether (sulfide) groups is 1. The van der Waals surface area contributed by atoms with E-state index in [-0.39, 0.29) is 17.3 Å². The van der Waals surface area contributed by atoms with Gasteiger partial charge in [-0.05, 0) is 55.8 Å². The van der Waals surface area contributed by atoms with Crippen LogP contribution in [0, 0.1) is 5.92 Å². The van der Waals surface area contributed by atoms with Crippen molar-refractivity contribution < 1.29 is 14.7 Å². The summed E-state index contributed by atoms with van der Waals surface area (Å²) in [6.07, 6.45) is 1.64. The molecule has 1 aliphatic rings. The van der Waals surface area contributed by atoms with E-state index in [2.05, 4.69) is 4.90 Å². The first-order chi connectivity index (χ1) is 13.4. The maximum absolute atomic E-state index is 12.6. The summed E-state index contributed by atoms with van der Waals surface area (Å²) in [5.41, 5.74) is 1.36. The Morgan fingerprint density at radius 2 is 1.79 bits per heavy atom. The third kappa shape index (κ3) is 5.51. The fourth-order valence-electron chi connectivity index (χ4n) is 3.35. The molecular formula is C21H21Cl2NO3S. The molecule has 148 valence electrons. The molecule has 1 aliphatic heterocycles. The van der Waals surface area contributed by atoms with Crippen LogP contribution in [0.2, 0.25) is 10.0 Å². The van der Waals surface area contributed by atoms with Crippen molar-refractivity contribution in [2.24, 2.45) is 5.92 Å². The Hall–Kier alpha value is -1.53. The molecule has 1 fully saturated rings. The van der Waals surface area contributed by atoms with Gasteiger partial charge >= 0.3 is 5.97 Å². The van der Waals surface area contributed by atoms with Crippen molar-refractivity contribution in [2.45, 2.75) is 24.3 Å². The Morgan fingerprint density at radius 3 is 2.46 bits per heavy atom. The summed E-state index contributed by atoms with van der Waals surface area (Å²) in [7, 11) is 0. The van der Waals surface area contributed by atoms with Gasteiger partial charge in [0.1, 0.15) is 5.78 Å². The molecule has 0 saturated carbocycles. The molecule has 0 aliphatic carbocycles. The molecule has 1 saturated heterocycles. The fourth-order valence-corrected chi connectivity index (χ4v) is 4.68. The van der Waals surface area contributed by atoms with Crippen LogP contribution >= 0.6 is 35.0 Å². The second-order valence-corrected chi connectivity index (χ2v) is 8.69. The Balaban J connectivity index is 1.49. The number of carbonyl (C=O) groups is 2. The van der Waals surface area contributed by atoms with Crippen LogP contribution in [0.15, 0.2) is 47.4 Å². The third-order valence-corrected chi connectivity index (χ3v) is 6.76. The van der Waals surface area contributed by atoms with Crippen molar-refractivity contribution >= 4 is 46.7 Å². The van der Waals surface area contributed by atoms with Crippen LogP contribution in [0.25, 0.3) is 0 Å². The number of nitrogens with zero attached hydrogens (tertiary/aromatic N) is 1. The number of hydrogen-bond acceptors (Lipinski definition) is 4. The van der Waals surface area contributed by atoms with Gasteiger partial charge in [-0.15, -0.1) is 11.8 Å². The number of hydrogen-bond donors (Lipinski definition) is 1. The van der Waals surface area contributed by atoms with Gasteiger partial charge in [0.25, 0.3) is 0 Å². The summed E-state index contributed by atoms with van der Waals surface area (Å²) >= 11 is 13.4. The first-order valence-electron chi connectivity index (χ1n) is 9.08. The molecule has 28 heavy (non-hydrogen) atoms. The number of rotatable bonds is 7. The molecule has 0 radical (unpaired) electrons. The van der Waals surface area contributed by atoms with Crippen molar-refractivity contribution in [3.05, 3.63) is 63.6 Å². The maximum Gasteiger partial charge on any atom is 0.336 e. The van der Waals surface area contributed by atoms with E-state index in [0.717, 1.165) is 38.0 Å². The van der Waals surface area contributed by atoms with Gasteiger partial charge in [0.05, 0.1) is 21.4 Å². The van der Waals surface area contributed by atoms with Gasteiger partial charge in [0.2, 0.25) is 0 Å². The molecule has 1 heterocycles. The monoisotopic (exact) mass is 437 g/mol. The molecule has 7 heteroatoms. The van der Waals surface area contributed by atoms with Crippen molar-refractivity contribution in [3.63, 3.8) is 0 Å². The van der Waals surface area contributed by atoms with Crippen molar-refractivity contribution in [3.8, 4) is 0 Å². The highest BCUT2D eigenvalue weighted by atomic mass is 35.5. The molecule has 4 nitrogen and oxygen atoms in total. The fraction of sp³-hybridized carbons (Fsp3) is 0.333. The lowest BCUT2D eigenvalue weighted by atomic mass is 9.93. The normalized spacial score (nSPS) is 15.5. The first kappa shape index (κ1) is 21.2. The molecular weight excluding hydrogens is 417 g/mol. The molecule has 1 N–H and O–H groups in total. The van der Waals surface area contributed by atoms with Gasteiger partial charge in [-0.1, -0.05) is 41.4 Å². The largest absolute Gasteiger partial charge is 0.478 e. The van der Waals surface area contributed by atoms with E-state index in [0.29, 0.717) is 20.7 Å². The lowest BCUT2D eigenvalue weighted by Gasteiger charge is -2.31. The summed E-state index contributed by atoms with van der Waals surface area (Å²) in [5.74, 6) is -0.429. The highest BCUT2D eigenvalue weighted by Crippen LogP contribution is 2.27. The Morgan fingerprint density at radius 1 is 1.07 bits per heavy atom. The molecule has 0 amide bonds. The SMILES string of the molecule is O=C(O)c1ccccc1SCC(=O)C1CCN(Cc2ccc(Cl)c(Cl)c2)CC1. The van der Waals surface area contributed by atoms with Crippen LogP contribution in [0.3, 0.4) is 0 Å². The zero-order chi connectivity index (χ0) is 20.1. The van der Waals surface area contributed by atoms with E-state index in [1.165, 1.54) is 11.8 Å². The number of carbonyl (C=O) groups excluding carboxylic acids is 1. The molecule has 0 aromatic heterocycles. The molecule has 0 unspecified atom stereocenters. The lowest BCUT2D eigenvalue weighted by molar-refractivity contribution is -0.121. The minimum Gasteiger partial charge on any atom is -0.478 e. The van der Waals surface area contributed by atoms with Crippen LogP contribution < -0.4 is 0 Å². The van der Waals surface area contributed by atoms with Crippen LogP contribution in [0.5, 0.6) is 0 Å². The number of aromatic carboxylic acids is 1. The zero-order valence-corrected chi connectivity index (χ0v) is 17.6. The standard InChI is InChI=1S/C21H21Cl2NO3S/c22-17-6-5-14(11-18(17)23)12-24-9-7-15(8-10-24)19(25)13-28-20-4-2-1-3-16(20)21(26)27/h1-6,11,15H,7-10,12-13H2,(H,26,27). The number of likely N-dealkylation sites (tertiary alicyclic amines) is 1. The van der Waals surface area contributed by atoms with Crippen molar-refractivity contribution in [1.29, 1.82) is 0 Å². The van der Waals surface area contributed by atoms with E-state index < -0.39 is 5.97 Å². The highest BCUT2D eigenvalue weighted by Gasteiger charge is 2.25. The second kappa shape index (κ2) is 9.79. The lowest BCUT2D eigenvalue weighted by Crippen LogP contribution is -2.36. The predicted octanol–water partition coefficient (Wildman–Crippen LogP) is 5.27. The summed E-state index contributed by atoms with van der Waals surface area (Å²) in [6.45, 7) is 2.50. The van der Waals surface area contributed by atoms with E-state index in [4.69, 9.17) is 23.2 Å². The molecule has 0 bridgehead atoms. The maximum atomic E-state index is 12.6. The van der Waals surface area contributed by atoms with E-state index in [1.807, 2.05) is 18.2 Å². The van der Waals surface area contributed by atoms with Crippen LogP contribution in [-0.2, 0) is 11.3 Å². The number of halogens is 2. The quantitative estimate of drug-likeness (QED) is 0.598. The van der Waals surface area contributed by atoms with Gasteiger partial charge < -0.3 is 5.11 Å². The van der Waals surface area contributed by atoms with Crippen LogP contribution in [0.1, 0.15) is 28.8 Å². The molecule has 2 aromatic rings. The van der Waals surface area contributed by atoms with Gasteiger partial charge in [-0.2, -0.15) is 0 Å². The number of piperidine rings is 1. The van der Waals surface area contributed by atoms with Gasteiger partial charge in [0, 0.05) is 17.4 Å². The van der Waals surface area contributed by atoms with Gasteiger partial charge in [-0.3, -0.25) is 9.69 Å². The number of ketones is 1. The average molecular weight is 438 g/mol. The molecule has 0 spiro atoms. The number of Topliss-reactive ketones (excluding diaryl/α,β-unsaturated/α-hetero) is 1. The molecule has 0 atom stereocenters. The van der Waals surface area contributed by atoms with Gasteiger partial charge in [0.15, 0.2) is 0 Å². The zero-order valence-electron chi connectivity index (χ0n) is 15.2. The first-order valence-corrected chi connectivity index (χ1v) is 10.8. The summed E-state index contributed by atoms with van der Waals surface area (Å²) in [4.78, 5) is 26.8. The highest BCUT2D eigenvalue weighted by molar-refractivity contribution is 8.00. The van der Waals surface area contributed by atoms with Crippen LogP contribution in [0.4, 0.5) is 0 Å². The Bertz CT molecular complexity index is 866. The summed E-state index contributed by atoms with van der Waals surface area (Å²) in [6, 6.07) is 12.5. The van der Waals surface area contributed by atoms with E-state index >= 15 is 0 Å². The predicted molar refractivity (Wildman–Crippen MR) is 114 cm³/mol. The topological polar surface area (TPSA) is 57.6 Å².